The third-order valence-electron chi connectivity index (χ3n) is 5.59. The number of rotatable bonds is 4. The second-order valence-corrected chi connectivity index (χ2v) is 9.72. The highest BCUT2D eigenvalue weighted by atomic mass is 32.2. The minimum absolute atomic E-state index is 0.0552. The molecule has 0 saturated carbocycles. The van der Waals surface area contributed by atoms with Crippen molar-refractivity contribution in [1.29, 1.82) is 5.41 Å². The standard InChI is InChI=1S/C23H24N4OS2/c1-6-19-25-26-23(30-19)20-21(28)18(29-22(20)24)11-16-10-13(3)27(15(16)5)17-9-7-8-12(2)14(17)4/h7-11,20,24H,6H2,1-5H3. The van der Waals surface area contributed by atoms with Gasteiger partial charge in [-0.1, -0.05) is 30.8 Å². The van der Waals surface area contributed by atoms with Crippen molar-refractivity contribution in [2.75, 3.05) is 0 Å². The van der Waals surface area contributed by atoms with Crippen LogP contribution in [0.15, 0.2) is 29.2 Å². The third kappa shape index (κ3) is 3.46. The van der Waals surface area contributed by atoms with Crippen LogP contribution in [-0.4, -0.2) is 25.6 Å². The van der Waals surface area contributed by atoms with E-state index in [1.165, 1.54) is 34.2 Å². The number of aryl methyl sites for hydroxylation is 3. The fourth-order valence-corrected chi connectivity index (χ4v) is 5.71. The first-order valence-electron chi connectivity index (χ1n) is 9.91. The fraction of sp³-hybridized carbons (Fsp3) is 0.304. The maximum atomic E-state index is 13.1. The summed E-state index contributed by atoms with van der Waals surface area (Å²) in [5, 5.41) is 18.5. The van der Waals surface area contributed by atoms with Crippen molar-refractivity contribution >= 4 is 40.0 Å². The largest absolute Gasteiger partial charge is 0.318 e. The Morgan fingerprint density at radius 2 is 1.97 bits per heavy atom. The van der Waals surface area contributed by atoms with Crippen molar-refractivity contribution in [2.45, 2.75) is 47.0 Å². The van der Waals surface area contributed by atoms with E-state index in [1.807, 2.05) is 13.0 Å². The summed E-state index contributed by atoms with van der Waals surface area (Å²) in [6, 6.07) is 8.42. The predicted octanol–water partition coefficient (Wildman–Crippen LogP) is 5.54. The van der Waals surface area contributed by atoms with Gasteiger partial charge < -0.3 is 4.57 Å². The molecule has 3 aromatic rings. The van der Waals surface area contributed by atoms with Crippen LogP contribution < -0.4 is 0 Å². The number of carbonyl (C=O) groups excluding carboxylic acids is 1. The third-order valence-corrected chi connectivity index (χ3v) is 7.72. The molecule has 2 aromatic heterocycles. The van der Waals surface area contributed by atoms with E-state index in [-0.39, 0.29) is 5.78 Å². The van der Waals surface area contributed by atoms with E-state index < -0.39 is 5.92 Å². The summed E-state index contributed by atoms with van der Waals surface area (Å²) in [4.78, 5) is 13.7. The second-order valence-electron chi connectivity index (χ2n) is 7.54. The summed E-state index contributed by atoms with van der Waals surface area (Å²) < 4.78 is 2.24. The van der Waals surface area contributed by atoms with Gasteiger partial charge in [-0.2, -0.15) is 0 Å². The molecule has 1 fully saturated rings. The van der Waals surface area contributed by atoms with E-state index in [4.69, 9.17) is 5.41 Å². The number of nitrogens with zero attached hydrogens (tertiary/aromatic N) is 3. The summed E-state index contributed by atoms with van der Waals surface area (Å²) in [7, 11) is 0. The average Bonchev–Trinajstić information content (AvgIpc) is 3.36. The molecule has 1 aliphatic rings. The molecule has 1 N–H and O–H groups in total. The van der Waals surface area contributed by atoms with Crippen molar-refractivity contribution in [1.82, 2.24) is 14.8 Å². The number of aromatic nitrogens is 3. The van der Waals surface area contributed by atoms with Gasteiger partial charge in [0.05, 0.1) is 9.95 Å². The fourth-order valence-electron chi connectivity index (χ4n) is 3.76. The SMILES string of the molecule is CCc1nnc(C2C(=N)SC(=Cc3cc(C)n(-c4cccc(C)c4C)c3C)C2=O)s1. The smallest absolute Gasteiger partial charge is 0.186 e. The molecular formula is C23H24N4OS2. The molecular weight excluding hydrogens is 412 g/mol. The lowest BCUT2D eigenvalue weighted by Gasteiger charge is -2.14. The van der Waals surface area contributed by atoms with Gasteiger partial charge in [0.2, 0.25) is 0 Å². The molecule has 3 heterocycles. The molecule has 0 radical (unpaired) electrons. The zero-order valence-corrected chi connectivity index (χ0v) is 19.4. The monoisotopic (exact) mass is 436 g/mol. The first-order valence-corrected chi connectivity index (χ1v) is 11.5. The molecule has 1 aromatic carbocycles. The quantitative estimate of drug-likeness (QED) is 0.545. The van der Waals surface area contributed by atoms with Gasteiger partial charge in [0.15, 0.2) is 5.78 Å². The topological polar surface area (TPSA) is 71.6 Å². The van der Waals surface area contributed by atoms with Gasteiger partial charge in [0.25, 0.3) is 0 Å². The van der Waals surface area contributed by atoms with Crippen LogP contribution in [0.2, 0.25) is 0 Å². The molecule has 1 aliphatic heterocycles. The number of hydrogen-bond acceptors (Lipinski definition) is 6. The average molecular weight is 437 g/mol. The van der Waals surface area contributed by atoms with Gasteiger partial charge in [-0.05, 0) is 69.0 Å². The lowest BCUT2D eigenvalue weighted by atomic mass is 10.1. The van der Waals surface area contributed by atoms with Gasteiger partial charge >= 0.3 is 0 Å². The molecule has 1 saturated heterocycles. The molecule has 154 valence electrons. The highest BCUT2D eigenvalue weighted by molar-refractivity contribution is 8.19. The lowest BCUT2D eigenvalue weighted by molar-refractivity contribution is -0.114. The summed E-state index contributed by atoms with van der Waals surface area (Å²) in [5.41, 5.74) is 6.86. The van der Waals surface area contributed by atoms with E-state index in [2.05, 4.69) is 66.7 Å². The minimum atomic E-state index is -0.610. The highest BCUT2D eigenvalue weighted by Gasteiger charge is 2.39. The Balaban J connectivity index is 1.71. The number of allylic oxidation sites excluding steroid dienone is 1. The van der Waals surface area contributed by atoms with Gasteiger partial charge in [-0.25, -0.2) is 0 Å². The summed E-state index contributed by atoms with van der Waals surface area (Å²) in [6.45, 7) is 10.4. The molecule has 1 atom stereocenters. The zero-order chi connectivity index (χ0) is 21.6. The predicted molar refractivity (Wildman–Crippen MR) is 125 cm³/mol. The number of benzene rings is 1. The van der Waals surface area contributed by atoms with Crippen LogP contribution in [0.5, 0.6) is 0 Å². The van der Waals surface area contributed by atoms with Crippen molar-refractivity contribution in [2.24, 2.45) is 0 Å². The summed E-state index contributed by atoms with van der Waals surface area (Å²) in [6.07, 6.45) is 2.71. The van der Waals surface area contributed by atoms with E-state index in [9.17, 15) is 4.79 Å². The Bertz CT molecular complexity index is 1200. The van der Waals surface area contributed by atoms with Gasteiger partial charge in [-0.15, -0.1) is 21.5 Å². The number of hydrogen-bond donors (Lipinski definition) is 1. The first-order chi connectivity index (χ1) is 14.3. The van der Waals surface area contributed by atoms with Crippen molar-refractivity contribution in [3.8, 4) is 5.69 Å². The molecule has 7 heteroatoms. The number of ketones is 1. The molecule has 30 heavy (non-hydrogen) atoms. The Morgan fingerprint density at radius 1 is 1.20 bits per heavy atom. The maximum Gasteiger partial charge on any atom is 0.186 e. The van der Waals surface area contributed by atoms with Crippen molar-refractivity contribution < 1.29 is 4.79 Å². The van der Waals surface area contributed by atoms with Crippen LogP contribution >= 0.6 is 23.1 Å². The number of Topliss-reactive ketones (excluding diaryl/α,β-unsaturated/α-hetero) is 1. The van der Waals surface area contributed by atoms with Crippen LogP contribution in [0.1, 0.15) is 50.9 Å². The molecule has 5 nitrogen and oxygen atoms in total. The van der Waals surface area contributed by atoms with Crippen molar-refractivity contribution in [3.63, 3.8) is 0 Å². The van der Waals surface area contributed by atoms with E-state index in [0.717, 1.165) is 34.1 Å². The summed E-state index contributed by atoms with van der Waals surface area (Å²) in [5.74, 6) is -0.665. The van der Waals surface area contributed by atoms with Crippen LogP contribution in [0.25, 0.3) is 11.8 Å². The Hall–Kier alpha value is -2.51. The molecule has 0 amide bonds. The van der Waals surface area contributed by atoms with Gasteiger partial charge in [-0.3, -0.25) is 10.2 Å². The van der Waals surface area contributed by atoms with Crippen LogP contribution in [0.3, 0.4) is 0 Å². The molecule has 0 bridgehead atoms. The maximum absolute atomic E-state index is 13.1. The molecule has 4 rings (SSSR count). The number of thioether (sulfide) groups is 1. The Morgan fingerprint density at radius 3 is 2.67 bits per heavy atom. The van der Waals surface area contributed by atoms with Gasteiger partial charge in [0, 0.05) is 17.1 Å². The van der Waals surface area contributed by atoms with E-state index >= 15 is 0 Å². The second kappa shape index (κ2) is 7.96. The molecule has 0 aliphatic carbocycles. The highest BCUT2D eigenvalue weighted by Crippen LogP contribution is 2.42. The van der Waals surface area contributed by atoms with E-state index in [0.29, 0.717) is 15.0 Å². The van der Waals surface area contributed by atoms with Crippen LogP contribution in [0.4, 0.5) is 0 Å². The van der Waals surface area contributed by atoms with Gasteiger partial charge in [0.1, 0.15) is 15.9 Å². The minimum Gasteiger partial charge on any atom is -0.318 e. The Kier molecular flexibility index (Phi) is 5.51. The number of nitrogens with one attached hydrogen (secondary N) is 1. The zero-order valence-electron chi connectivity index (χ0n) is 17.7. The van der Waals surface area contributed by atoms with Crippen LogP contribution in [0, 0.1) is 33.1 Å². The number of carbonyl (C=O) groups is 1. The normalized spacial score (nSPS) is 18.0. The first kappa shape index (κ1) is 20.8. The van der Waals surface area contributed by atoms with Crippen LogP contribution in [-0.2, 0) is 11.2 Å². The lowest BCUT2D eigenvalue weighted by Crippen LogP contribution is -2.11. The van der Waals surface area contributed by atoms with E-state index in [1.54, 1.807) is 0 Å². The molecule has 0 spiro atoms. The Labute approximate surface area is 184 Å². The summed E-state index contributed by atoms with van der Waals surface area (Å²) >= 11 is 2.67. The van der Waals surface area contributed by atoms with Crippen molar-refractivity contribution in [3.05, 3.63) is 67.3 Å². The molecule has 1 unspecified atom stereocenters.